The van der Waals surface area contributed by atoms with Crippen LogP contribution in [-0.2, 0) is 9.31 Å². The minimum atomic E-state index is -0.446. The quantitative estimate of drug-likeness (QED) is 0.848. The van der Waals surface area contributed by atoms with Crippen molar-refractivity contribution in [2.24, 2.45) is 5.73 Å². The number of H-pyrrole nitrogens is 1. The van der Waals surface area contributed by atoms with Crippen molar-refractivity contribution in [2.45, 2.75) is 38.9 Å². The van der Waals surface area contributed by atoms with Gasteiger partial charge in [0.25, 0.3) is 0 Å². The monoisotopic (exact) mass is 325 g/mol. The summed E-state index contributed by atoms with van der Waals surface area (Å²) in [5.74, 6) is 0. The SMILES string of the molecule is CC1(C)OB(C(=Cc2cn[nH]c2-c2ccccc2)CN)OC1(C)C. The van der Waals surface area contributed by atoms with Crippen molar-refractivity contribution >= 4 is 13.2 Å². The van der Waals surface area contributed by atoms with Crippen molar-refractivity contribution < 1.29 is 9.31 Å². The van der Waals surface area contributed by atoms with Crippen LogP contribution in [-0.4, -0.2) is 35.1 Å². The second kappa shape index (κ2) is 6.20. The molecule has 2 heterocycles. The molecule has 0 atom stereocenters. The zero-order chi connectivity index (χ0) is 17.4. The summed E-state index contributed by atoms with van der Waals surface area (Å²) in [6, 6.07) is 10.1. The standard InChI is InChI=1S/C18H24BN3O2/c1-17(2)18(3,4)24-19(23-17)15(11-20)10-14-12-21-22-16(14)13-8-6-5-7-9-13/h5-10,12H,11,20H2,1-4H3,(H,21,22). The van der Waals surface area contributed by atoms with E-state index in [2.05, 4.69) is 10.2 Å². The first kappa shape index (κ1) is 17.0. The highest BCUT2D eigenvalue weighted by molar-refractivity contribution is 6.56. The predicted octanol–water partition coefficient (Wildman–Crippen LogP) is 3.05. The summed E-state index contributed by atoms with van der Waals surface area (Å²) >= 11 is 0. The second-order valence-electron chi connectivity index (χ2n) is 7.08. The maximum atomic E-state index is 6.11. The summed E-state index contributed by atoms with van der Waals surface area (Å²) in [5, 5.41) is 7.24. The third-order valence-electron chi connectivity index (χ3n) is 4.86. The van der Waals surface area contributed by atoms with Crippen LogP contribution in [0.5, 0.6) is 0 Å². The molecule has 0 amide bonds. The van der Waals surface area contributed by atoms with Gasteiger partial charge in [0.1, 0.15) is 0 Å². The summed E-state index contributed by atoms with van der Waals surface area (Å²) in [7, 11) is -0.446. The van der Waals surface area contributed by atoms with Gasteiger partial charge in [-0.3, -0.25) is 5.10 Å². The Kier molecular flexibility index (Phi) is 4.38. The average molecular weight is 325 g/mol. The highest BCUT2D eigenvalue weighted by Gasteiger charge is 2.52. The number of aromatic nitrogens is 2. The molecule has 3 rings (SSSR count). The summed E-state index contributed by atoms with van der Waals surface area (Å²) in [6.45, 7) is 8.50. The number of rotatable bonds is 4. The predicted molar refractivity (Wildman–Crippen MR) is 97.1 cm³/mol. The maximum Gasteiger partial charge on any atom is 0.491 e. The van der Waals surface area contributed by atoms with Gasteiger partial charge in [0.15, 0.2) is 0 Å². The Bertz CT molecular complexity index is 722. The van der Waals surface area contributed by atoms with Gasteiger partial charge in [-0.25, -0.2) is 0 Å². The Balaban J connectivity index is 1.92. The first-order valence-corrected chi connectivity index (χ1v) is 8.19. The lowest BCUT2D eigenvalue weighted by molar-refractivity contribution is 0.00578. The fourth-order valence-electron chi connectivity index (χ4n) is 2.66. The third-order valence-corrected chi connectivity index (χ3v) is 4.86. The molecule has 1 aromatic carbocycles. The van der Waals surface area contributed by atoms with Crippen molar-refractivity contribution in [3.8, 4) is 11.3 Å². The van der Waals surface area contributed by atoms with Crippen LogP contribution in [0.15, 0.2) is 42.0 Å². The highest BCUT2D eigenvalue weighted by Crippen LogP contribution is 2.38. The number of nitrogens with two attached hydrogens (primary N) is 1. The minimum absolute atomic E-state index is 0.357. The molecule has 1 aliphatic rings. The van der Waals surface area contributed by atoms with E-state index in [1.807, 2.05) is 64.1 Å². The van der Waals surface area contributed by atoms with Gasteiger partial charge in [-0.05, 0) is 33.2 Å². The molecule has 1 aliphatic heterocycles. The molecule has 3 N–H and O–H groups in total. The minimum Gasteiger partial charge on any atom is -0.400 e. The molecule has 126 valence electrons. The van der Waals surface area contributed by atoms with E-state index in [1.165, 1.54) is 0 Å². The third kappa shape index (κ3) is 3.05. The van der Waals surface area contributed by atoms with E-state index in [0.717, 1.165) is 22.3 Å². The molecule has 0 radical (unpaired) electrons. The van der Waals surface area contributed by atoms with Gasteiger partial charge in [0, 0.05) is 17.7 Å². The molecule has 0 saturated carbocycles. The van der Waals surface area contributed by atoms with Crippen molar-refractivity contribution in [3.63, 3.8) is 0 Å². The van der Waals surface area contributed by atoms with E-state index in [0.29, 0.717) is 6.54 Å². The number of hydrogen-bond donors (Lipinski definition) is 2. The molecule has 5 nitrogen and oxygen atoms in total. The van der Waals surface area contributed by atoms with E-state index in [1.54, 1.807) is 6.20 Å². The largest absolute Gasteiger partial charge is 0.491 e. The topological polar surface area (TPSA) is 73.2 Å². The molecule has 1 saturated heterocycles. The molecule has 24 heavy (non-hydrogen) atoms. The Labute approximate surface area is 143 Å². The van der Waals surface area contributed by atoms with E-state index >= 15 is 0 Å². The van der Waals surface area contributed by atoms with Crippen molar-refractivity contribution in [1.82, 2.24) is 10.2 Å². The van der Waals surface area contributed by atoms with Gasteiger partial charge in [0.05, 0.1) is 23.1 Å². The fraction of sp³-hybridized carbons (Fsp3) is 0.389. The first-order valence-electron chi connectivity index (χ1n) is 8.19. The average Bonchev–Trinajstić information content (AvgIpc) is 3.08. The van der Waals surface area contributed by atoms with Crippen LogP contribution in [0.25, 0.3) is 17.3 Å². The van der Waals surface area contributed by atoms with Crippen molar-refractivity contribution in [1.29, 1.82) is 0 Å². The van der Waals surface area contributed by atoms with E-state index in [9.17, 15) is 0 Å². The zero-order valence-corrected chi connectivity index (χ0v) is 14.7. The summed E-state index contributed by atoms with van der Waals surface area (Å²) in [5.41, 5.74) is 9.10. The Morgan fingerprint density at radius 1 is 1.17 bits per heavy atom. The van der Waals surface area contributed by atoms with Gasteiger partial charge < -0.3 is 15.0 Å². The van der Waals surface area contributed by atoms with Gasteiger partial charge >= 0.3 is 7.12 Å². The lowest BCUT2D eigenvalue weighted by Crippen LogP contribution is -2.41. The van der Waals surface area contributed by atoms with Crippen molar-refractivity contribution in [3.05, 3.63) is 47.6 Å². The summed E-state index contributed by atoms with van der Waals surface area (Å²) in [4.78, 5) is 0. The number of aromatic amines is 1. The van der Waals surface area contributed by atoms with Gasteiger partial charge in [-0.2, -0.15) is 5.10 Å². The first-order chi connectivity index (χ1) is 11.3. The lowest BCUT2D eigenvalue weighted by Gasteiger charge is -2.32. The molecule has 0 unspecified atom stereocenters. The fourth-order valence-corrected chi connectivity index (χ4v) is 2.66. The number of hydrogen-bond acceptors (Lipinski definition) is 4. The van der Waals surface area contributed by atoms with Crippen molar-refractivity contribution in [2.75, 3.05) is 6.54 Å². The normalized spacial score (nSPS) is 19.7. The van der Waals surface area contributed by atoms with E-state index < -0.39 is 7.12 Å². The van der Waals surface area contributed by atoms with Crippen LogP contribution in [0.3, 0.4) is 0 Å². The Morgan fingerprint density at radius 2 is 1.79 bits per heavy atom. The van der Waals surface area contributed by atoms with Crippen LogP contribution in [0.2, 0.25) is 0 Å². The van der Waals surface area contributed by atoms with Crippen LogP contribution in [0.4, 0.5) is 0 Å². The Hall–Kier alpha value is -1.89. The molecule has 0 aliphatic carbocycles. The molecular weight excluding hydrogens is 301 g/mol. The number of nitrogens with one attached hydrogen (secondary N) is 1. The molecule has 1 aromatic heterocycles. The van der Waals surface area contributed by atoms with Gasteiger partial charge in [-0.15, -0.1) is 0 Å². The second-order valence-corrected chi connectivity index (χ2v) is 7.08. The lowest BCUT2D eigenvalue weighted by atomic mass is 9.77. The van der Waals surface area contributed by atoms with Crippen LogP contribution >= 0.6 is 0 Å². The smallest absolute Gasteiger partial charge is 0.400 e. The van der Waals surface area contributed by atoms with Crippen LogP contribution in [0, 0.1) is 0 Å². The molecule has 0 spiro atoms. The summed E-state index contributed by atoms with van der Waals surface area (Å²) < 4.78 is 12.2. The van der Waals surface area contributed by atoms with E-state index in [-0.39, 0.29) is 11.2 Å². The van der Waals surface area contributed by atoms with Crippen LogP contribution < -0.4 is 5.73 Å². The molecule has 1 fully saturated rings. The maximum absolute atomic E-state index is 6.11. The number of nitrogens with zero attached hydrogens (tertiary/aromatic N) is 1. The van der Waals surface area contributed by atoms with Crippen LogP contribution in [0.1, 0.15) is 33.3 Å². The summed E-state index contributed by atoms with van der Waals surface area (Å²) in [6.07, 6.45) is 3.80. The molecular formula is C18H24BN3O2. The van der Waals surface area contributed by atoms with E-state index in [4.69, 9.17) is 15.0 Å². The molecule has 2 aromatic rings. The number of benzene rings is 1. The van der Waals surface area contributed by atoms with Gasteiger partial charge in [0.2, 0.25) is 0 Å². The molecule has 6 heteroatoms. The van der Waals surface area contributed by atoms with Gasteiger partial charge in [-0.1, -0.05) is 36.4 Å². The highest BCUT2D eigenvalue weighted by atomic mass is 16.7. The Morgan fingerprint density at radius 3 is 2.38 bits per heavy atom. The zero-order valence-electron chi connectivity index (χ0n) is 14.7. The molecule has 0 bridgehead atoms.